The Morgan fingerprint density at radius 2 is 1.76 bits per heavy atom. The van der Waals surface area contributed by atoms with Crippen LogP contribution < -0.4 is 10.6 Å². The van der Waals surface area contributed by atoms with Crippen molar-refractivity contribution in [1.29, 1.82) is 0 Å². The summed E-state index contributed by atoms with van der Waals surface area (Å²) in [5, 5.41) is 6.25. The van der Waals surface area contributed by atoms with Gasteiger partial charge in [-0.3, -0.25) is 4.90 Å². The molecule has 0 bridgehead atoms. The number of piperidine rings is 1. The number of nitrogens with zero attached hydrogens (tertiary/aromatic N) is 1. The van der Waals surface area contributed by atoms with E-state index in [-0.39, 0.29) is 6.03 Å². The van der Waals surface area contributed by atoms with Crippen LogP contribution in [0.2, 0.25) is 0 Å². The maximum absolute atomic E-state index is 12.1. The second kappa shape index (κ2) is 8.02. The second-order valence-corrected chi connectivity index (χ2v) is 7.19. The molecule has 0 aromatic carbocycles. The number of carbonyl (C=O) groups excluding carboxylic acids is 1. The molecule has 1 saturated carbocycles. The molecule has 2 fully saturated rings. The lowest BCUT2D eigenvalue weighted by atomic mass is 9.79. The highest BCUT2D eigenvalue weighted by Gasteiger charge is 2.28. The molecule has 3 unspecified atom stereocenters. The summed E-state index contributed by atoms with van der Waals surface area (Å²) in [5.41, 5.74) is 0. The third kappa shape index (κ3) is 4.87. The van der Waals surface area contributed by atoms with Crippen molar-refractivity contribution in [1.82, 2.24) is 15.5 Å². The molecule has 2 rings (SSSR count). The number of urea groups is 1. The molecule has 0 aromatic rings. The number of hydrogen-bond acceptors (Lipinski definition) is 2. The maximum atomic E-state index is 12.1. The van der Waals surface area contributed by atoms with Gasteiger partial charge in [0, 0.05) is 25.2 Å². The molecule has 1 aliphatic heterocycles. The minimum absolute atomic E-state index is 0.0188. The quantitative estimate of drug-likeness (QED) is 0.837. The minimum atomic E-state index is 0.0188. The van der Waals surface area contributed by atoms with Crippen LogP contribution in [0, 0.1) is 11.8 Å². The van der Waals surface area contributed by atoms with Gasteiger partial charge in [0.2, 0.25) is 0 Å². The van der Waals surface area contributed by atoms with Gasteiger partial charge in [0.15, 0.2) is 0 Å². The van der Waals surface area contributed by atoms with E-state index in [4.69, 9.17) is 0 Å². The van der Waals surface area contributed by atoms with Crippen molar-refractivity contribution < 1.29 is 4.79 Å². The van der Waals surface area contributed by atoms with Crippen molar-refractivity contribution in [3.05, 3.63) is 0 Å². The van der Waals surface area contributed by atoms with Crippen LogP contribution in [0.1, 0.15) is 59.3 Å². The van der Waals surface area contributed by atoms with Crippen molar-refractivity contribution in [2.75, 3.05) is 19.6 Å². The summed E-state index contributed by atoms with van der Waals surface area (Å²) in [4.78, 5) is 14.6. The topological polar surface area (TPSA) is 44.4 Å². The maximum Gasteiger partial charge on any atom is 0.315 e. The molecule has 1 heterocycles. The Labute approximate surface area is 130 Å². The van der Waals surface area contributed by atoms with Gasteiger partial charge in [0.25, 0.3) is 0 Å². The predicted molar refractivity (Wildman–Crippen MR) is 87.4 cm³/mol. The van der Waals surface area contributed by atoms with Crippen LogP contribution in [0.3, 0.4) is 0 Å². The zero-order chi connectivity index (χ0) is 15.2. The summed E-state index contributed by atoms with van der Waals surface area (Å²) in [6, 6.07) is 1.03. The van der Waals surface area contributed by atoms with Gasteiger partial charge in [-0.15, -0.1) is 0 Å². The Bertz CT molecular complexity index is 324. The van der Waals surface area contributed by atoms with E-state index in [1.807, 2.05) is 0 Å². The van der Waals surface area contributed by atoms with E-state index in [1.54, 1.807) is 0 Å². The number of hydrogen-bond donors (Lipinski definition) is 2. The number of likely N-dealkylation sites (tertiary alicyclic amines) is 1. The van der Waals surface area contributed by atoms with E-state index in [0.717, 1.165) is 13.1 Å². The summed E-state index contributed by atoms with van der Waals surface area (Å²) >= 11 is 0. The molecule has 4 heteroatoms. The van der Waals surface area contributed by atoms with Crippen LogP contribution in [0.25, 0.3) is 0 Å². The summed E-state index contributed by atoms with van der Waals surface area (Å²) in [6.07, 6.45) is 7.72. The smallest absolute Gasteiger partial charge is 0.315 e. The van der Waals surface area contributed by atoms with Gasteiger partial charge in [-0.1, -0.05) is 26.7 Å². The highest BCUT2D eigenvalue weighted by Crippen LogP contribution is 2.28. The fraction of sp³-hybridized carbons (Fsp3) is 0.941. The highest BCUT2D eigenvalue weighted by atomic mass is 16.2. The molecule has 1 saturated heterocycles. The number of rotatable bonds is 4. The van der Waals surface area contributed by atoms with Crippen molar-refractivity contribution in [2.45, 2.75) is 71.4 Å². The second-order valence-electron chi connectivity index (χ2n) is 7.19. The summed E-state index contributed by atoms with van der Waals surface area (Å²) in [7, 11) is 0. The molecular weight excluding hydrogens is 262 g/mol. The van der Waals surface area contributed by atoms with E-state index in [2.05, 4.69) is 36.3 Å². The fourth-order valence-electron chi connectivity index (χ4n) is 3.97. The first-order chi connectivity index (χ1) is 10.1. The lowest BCUT2D eigenvalue weighted by molar-refractivity contribution is 0.159. The SMILES string of the molecule is CC1CCCC(C)C1NC(=O)NCCN1CCCCC1C. The summed E-state index contributed by atoms with van der Waals surface area (Å²) in [6.45, 7) is 9.73. The van der Waals surface area contributed by atoms with Gasteiger partial charge in [-0.2, -0.15) is 0 Å². The molecule has 1 aliphatic carbocycles. The van der Waals surface area contributed by atoms with Gasteiger partial charge in [0.1, 0.15) is 0 Å². The van der Waals surface area contributed by atoms with Crippen molar-refractivity contribution in [3.8, 4) is 0 Å². The monoisotopic (exact) mass is 295 g/mol. The zero-order valence-corrected chi connectivity index (χ0v) is 14.0. The zero-order valence-electron chi connectivity index (χ0n) is 14.0. The molecule has 3 atom stereocenters. The number of nitrogens with one attached hydrogen (secondary N) is 2. The molecular formula is C17H33N3O. The molecule has 4 nitrogen and oxygen atoms in total. The first-order valence-electron chi connectivity index (χ1n) is 8.86. The van der Waals surface area contributed by atoms with Crippen LogP contribution in [-0.4, -0.2) is 42.6 Å². The molecule has 2 amide bonds. The van der Waals surface area contributed by atoms with Crippen LogP contribution in [0.4, 0.5) is 4.79 Å². The van der Waals surface area contributed by atoms with Gasteiger partial charge in [-0.25, -0.2) is 4.79 Å². The molecule has 2 N–H and O–H groups in total. The molecule has 2 aliphatic rings. The molecule has 21 heavy (non-hydrogen) atoms. The predicted octanol–water partition coefficient (Wildman–Crippen LogP) is 2.98. The Balaban J connectivity index is 1.67. The molecule has 0 aromatic heterocycles. The van der Waals surface area contributed by atoms with Crippen molar-refractivity contribution in [2.24, 2.45) is 11.8 Å². The Hall–Kier alpha value is -0.770. The van der Waals surface area contributed by atoms with Crippen LogP contribution in [-0.2, 0) is 0 Å². The number of carbonyl (C=O) groups is 1. The van der Waals surface area contributed by atoms with Gasteiger partial charge < -0.3 is 10.6 Å². The Morgan fingerprint density at radius 1 is 1.05 bits per heavy atom. The van der Waals surface area contributed by atoms with Crippen molar-refractivity contribution >= 4 is 6.03 Å². The molecule has 0 spiro atoms. The van der Waals surface area contributed by atoms with E-state index >= 15 is 0 Å². The lowest BCUT2D eigenvalue weighted by Crippen LogP contribution is -2.51. The van der Waals surface area contributed by atoms with Crippen LogP contribution in [0.15, 0.2) is 0 Å². The standard InChI is InChI=1S/C17H33N3O/c1-13-7-6-8-14(2)16(13)19-17(21)18-10-12-20-11-5-4-9-15(20)3/h13-16H,4-12H2,1-3H3,(H2,18,19,21). The first-order valence-corrected chi connectivity index (χ1v) is 8.86. The molecule has 122 valence electrons. The fourth-order valence-corrected chi connectivity index (χ4v) is 3.97. The average Bonchev–Trinajstić information content (AvgIpc) is 2.45. The Kier molecular flexibility index (Phi) is 6.34. The Morgan fingerprint density at radius 3 is 2.43 bits per heavy atom. The highest BCUT2D eigenvalue weighted by molar-refractivity contribution is 5.74. The molecule has 0 radical (unpaired) electrons. The lowest BCUT2D eigenvalue weighted by Gasteiger charge is -2.35. The largest absolute Gasteiger partial charge is 0.337 e. The normalized spacial score (nSPS) is 34.4. The first kappa shape index (κ1) is 16.6. The van der Waals surface area contributed by atoms with E-state index in [0.29, 0.717) is 23.9 Å². The third-order valence-corrected chi connectivity index (χ3v) is 5.47. The van der Waals surface area contributed by atoms with Gasteiger partial charge >= 0.3 is 6.03 Å². The summed E-state index contributed by atoms with van der Waals surface area (Å²) < 4.78 is 0. The van der Waals surface area contributed by atoms with Crippen LogP contribution in [0.5, 0.6) is 0 Å². The van der Waals surface area contributed by atoms with E-state index in [9.17, 15) is 4.79 Å². The van der Waals surface area contributed by atoms with Crippen LogP contribution >= 0.6 is 0 Å². The minimum Gasteiger partial charge on any atom is -0.337 e. The van der Waals surface area contributed by atoms with E-state index in [1.165, 1.54) is 45.1 Å². The van der Waals surface area contributed by atoms with Crippen molar-refractivity contribution in [3.63, 3.8) is 0 Å². The van der Waals surface area contributed by atoms with Gasteiger partial charge in [0.05, 0.1) is 0 Å². The number of amides is 2. The summed E-state index contributed by atoms with van der Waals surface area (Å²) in [5.74, 6) is 1.20. The average molecular weight is 295 g/mol. The third-order valence-electron chi connectivity index (χ3n) is 5.47. The van der Waals surface area contributed by atoms with E-state index < -0.39 is 0 Å². The van der Waals surface area contributed by atoms with Gasteiger partial charge in [-0.05, 0) is 51.0 Å².